The summed E-state index contributed by atoms with van der Waals surface area (Å²) in [6.45, 7) is 5.07. The second-order valence-electron chi connectivity index (χ2n) is 4.07. The molecular weight excluding hydrogens is 210 g/mol. The number of aromatic nitrogens is 2. The largest absolute Gasteiger partial charge is 0.306 e. The van der Waals surface area contributed by atoms with Crippen molar-refractivity contribution in [2.75, 3.05) is 6.54 Å². The van der Waals surface area contributed by atoms with Crippen LogP contribution in [0.1, 0.15) is 29.7 Å². The number of nitrogens with zero attached hydrogens (tertiary/aromatic N) is 2. The maximum atomic E-state index is 4.25. The molecule has 0 fully saturated rings. The van der Waals surface area contributed by atoms with E-state index in [4.69, 9.17) is 0 Å². The molecule has 88 valence electrons. The fourth-order valence-electron chi connectivity index (χ4n) is 1.92. The molecule has 0 saturated heterocycles. The summed E-state index contributed by atoms with van der Waals surface area (Å²) in [5.74, 6) is 0. The lowest BCUT2D eigenvalue weighted by atomic mass is 10.0. The standard InChI is InChI=1S/C14H17N3/c1-3-17-14(12-5-4-6-15-9-12)13-7-11(2)8-16-10-13/h4-10,14,17H,3H2,1-2H3. The highest BCUT2D eigenvalue weighted by atomic mass is 14.9. The van der Waals surface area contributed by atoms with E-state index >= 15 is 0 Å². The Bertz CT molecular complexity index is 468. The Labute approximate surface area is 102 Å². The van der Waals surface area contributed by atoms with Crippen molar-refractivity contribution < 1.29 is 0 Å². The predicted octanol–water partition coefficient (Wildman–Crippen LogP) is 2.48. The summed E-state index contributed by atoms with van der Waals surface area (Å²) >= 11 is 0. The lowest BCUT2D eigenvalue weighted by molar-refractivity contribution is 0.626. The van der Waals surface area contributed by atoms with Crippen LogP contribution in [0.5, 0.6) is 0 Å². The van der Waals surface area contributed by atoms with Gasteiger partial charge in [0.2, 0.25) is 0 Å². The van der Waals surface area contributed by atoms with Crippen LogP contribution in [0, 0.1) is 6.92 Å². The molecule has 0 aliphatic rings. The van der Waals surface area contributed by atoms with E-state index in [0.717, 1.165) is 6.54 Å². The van der Waals surface area contributed by atoms with E-state index in [9.17, 15) is 0 Å². The molecule has 0 aromatic carbocycles. The van der Waals surface area contributed by atoms with Crippen LogP contribution in [0.15, 0.2) is 43.0 Å². The van der Waals surface area contributed by atoms with Crippen molar-refractivity contribution in [2.24, 2.45) is 0 Å². The topological polar surface area (TPSA) is 37.8 Å². The summed E-state index contributed by atoms with van der Waals surface area (Å²) in [7, 11) is 0. The second-order valence-corrected chi connectivity index (χ2v) is 4.07. The Balaban J connectivity index is 2.35. The molecular formula is C14H17N3. The molecule has 1 atom stereocenters. The molecule has 17 heavy (non-hydrogen) atoms. The summed E-state index contributed by atoms with van der Waals surface area (Å²) in [6, 6.07) is 6.37. The number of hydrogen-bond donors (Lipinski definition) is 1. The van der Waals surface area contributed by atoms with Crippen LogP contribution in [0.3, 0.4) is 0 Å². The first-order valence-electron chi connectivity index (χ1n) is 5.86. The van der Waals surface area contributed by atoms with Crippen molar-refractivity contribution in [3.63, 3.8) is 0 Å². The molecule has 1 N–H and O–H groups in total. The van der Waals surface area contributed by atoms with Crippen molar-refractivity contribution in [2.45, 2.75) is 19.9 Å². The molecule has 0 spiro atoms. The van der Waals surface area contributed by atoms with Crippen molar-refractivity contribution in [1.82, 2.24) is 15.3 Å². The van der Waals surface area contributed by atoms with Crippen LogP contribution in [-0.2, 0) is 0 Å². The normalized spacial score (nSPS) is 12.4. The monoisotopic (exact) mass is 227 g/mol. The molecule has 3 heteroatoms. The summed E-state index contributed by atoms with van der Waals surface area (Å²) in [4.78, 5) is 8.43. The van der Waals surface area contributed by atoms with Gasteiger partial charge in [-0.05, 0) is 36.2 Å². The maximum Gasteiger partial charge on any atom is 0.0607 e. The van der Waals surface area contributed by atoms with Gasteiger partial charge in [0.05, 0.1) is 6.04 Å². The van der Waals surface area contributed by atoms with Gasteiger partial charge in [-0.2, -0.15) is 0 Å². The van der Waals surface area contributed by atoms with E-state index < -0.39 is 0 Å². The molecule has 2 aromatic heterocycles. The van der Waals surface area contributed by atoms with Crippen molar-refractivity contribution in [3.8, 4) is 0 Å². The Hall–Kier alpha value is -1.74. The quantitative estimate of drug-likeness (QED) is 0.872. The first kappa shape index (κ1) is 11.7. The van der Waals surface area contributed by atoms with Crippen molar-refractivity contribution in [3.05, 3.63) is 59.7 Å². The Morgan fingerprint density at radius 3 is 2.65 bits per heavy atom. The fourth-order valence-corrected chi connectivity index (χ4v) is 1.92. The number of aryl methyl sites for hydroxylation is 1. The molecule has 0 amide bonds. The van der Waals surface area contributed by atoms with E-state index in [2.05, 4.69) is 41.3 Å². The van der Waals surface area contributed by atoms with Crippen LogP contribution < -0.4 is 5.32 Å². The average Bonchev–Trinajstić information content (AvgIpc) is 2.37. The third-order valence-corrected chi connectivity index (χ3v) is 2.66. The smallest absolute Gasteiger partial charge is 0.0607 e. The first-order chi connectivity index (χ1) is 8.31. The Morgan fingerprint density at radius 2 is 2.00 bits per heavy atom. The molecule has 0 bridgehead atoms. The van der Waals surface area contributed by atoms with Crippen LogP contribution in [0.25, 0.3) is 0 Å². The molecule has 0 aliphatic heterocycles. The third kappa shape index (κ3) is 2.88. The van der Waals surface area contributed by atoms with E-state index in [1.807, 2.05) is 24.7 Å². The van der Waals surface area contributed by atoms with Gasteiger partial charge in [0.15, 0.2) is 0 Å². The van der Waals surface area contributed by atoms with E-state index in [1.165, 1.54) is 16.7 Å². The van der Waals surface area contributed by atoms with E-state index in [-0.39, 0.29) is 6.04 Å². The third-order valence-electron chi connectivity index (χ3n) is 2.66. The fraction of sp³-hybridized carbons (Fsp3) is 0.286. The highest BCUT2D eigenvalue weighted by Crippen LogP contribution is 2.20. The molecule has 0 saturated carbocycles. The summed E-state index contributed by atoms with van der Waals surface area (Å²) < 4.78 is 0. The minimum Gasteiger partial charge on any atom is -0.306 e. The van der Waals surface area contributed by atoms with Gasteiger partial charge in [0.25, 0.3) is 0 Å². The Morgan fingerprint density at radius 1 is 1.18 bits per heavy atom. The number of pyridine rings is 2. The zero-order chi connectivity index (χ0) is 12.1. The zero-order valence-electron chi connectivity index (χ0n) is 10.2. The molecule has 0 radical (unpaired) electrons. The van der Waals surface area contributed by atoms with Gasteiger partial charge in [-0.3, -0.25) is 9.97 Å². The minimum atomic E-state index is 0.168. The van der Waals surface area contributed by atoms with E-state index in [1.54, 1.807) is 6.20 Å². The minimum absolute atomic E-state index is 0.168. The molecule has 2 heterocycles. The molecule has 3 nitrogen and oxygen atoms in total. The van der Waals surface area contributed by atoms with Gasteiger partial charge in [-0.25, -0.2) is 0 Å². The number of hydrogen-bond acceptors (Lipinski definition) is 3. The van der Waals surface area contributed by atoms with Gasteiger partial charge in [-0.15, -0.1) is 0 Å². The van der Waals surface area contributed by atoms with Gasteiger partial charge >= 0.3 is 0 Å². The first-order valence-corrected chi connectivity index (χ1v) is 5.86. The van der Waals surface area contributed by atoms with Crippen molar-refractivity contribution >= 4 is 0 Å². The van der Waals surface area contributed by atoms with Crippen LogP contribution in [0.4, 0.5) is 0 Å². The lowest BCUT2D eigenvalue weighted by Crippen LogP contribution is -2.22. The Kier molecular flexibility index (Phi) is 3.83. The van der Waals surface area contributed by atoms with Crippen molar-refractivity contribution in [1.29, 1.82) is 0 Å². The van der Waals surface area contributed by atoms with Gasteiger partial charge < -0.3 is 5.32 Å². The SMILES string of the molecule is CCNC(c1cccnc1)c1cncc(C)c1. The maximum absolute atomic E-state index is 4.25. The zero-order valence-corrected chi connectivity index (χ0v) is 10.2. The van der Waals surface area contributed by atoms with Crippen LogP contribution in [0.2, 0.25) is 0 Å². The van der Waals surface area contributed by atoms with Crippen LogP contribution in [-0.4, -0.2) is 16.5 Å². The highest BCUT2D eigenvalue weighted by Gasteiger charge is 2.13. The molecule has 2 aromatic rings. The van der Waals surface area contributed by atoms with Crippen LogP contribution >= 0.6 is 0 Å². The van der Waals surface area contributed by atoms with Gasteiger partial charge in [-0.1, -0.05) is 19.1 Å². The summed E-state index contributed by atoms with van der Waals surface area (Å²) in [6.07, 6.45) is 7.47. The molecule has 0 aliphatic carbocycles. The number of rotatable bonds is 4. The predicted molar refractivity (Wildman–Crippen MR) is 68.7 cm³/mol. The summed E-state index contributed by atoms with van der Waals surface area (Å²) in [5, 5.41) is 3.46. The highest BCUT2D eigenvalue weighted by molar-refractivity contribution is 5.30. The summed E-state index contributed by atoms with van der Waals surface area (Å²) in [5.41, 5.74) is 3.52. The van der Waals surface area contributed by atoms with Gasteiger partial charge in [0, 0.05) is 24.8 Å². The van der Waals surface area contributed by atoms with Gasteiger partial charge in [0.1, 0.15) is 0 Å². The molecule has 2 rings (SSSR count). The lowest BCUT2D eigenvalue weighted by Gasteiger charge is -2.18. The second kappa shape index (κ2) is 5.55. The van der Waals surface area contributed by atoms with E-state index in [0.29, 0.717) is 0 Å². The average molecular weight is 227 g/mol. The molecule has 1 unspecified atom stereocenters. The number of nitrogens with one attached hydrogen (secondary N) is 1.